The van der Waals surface area contributed by atoms with Crippen molar-refractivity contribution in [2.45, 2.75) is 49.1 Å². The second kappa shape index (κ2) is 9.00. The first-order valence-electron chi connectivity index (χ1n) is 11.5. The number of benzene rings is 1. The monoisotopic (exact) mass is 509 g/mol. The predicted molar refractivity (Wildman–Crippen MR) is 130 cm³/mol. The van der Waals surface area contributed by atoms with E-state index in [-0.39, 0.29) is 36.9 Å². The molecule has 2 aromatic rings. The highest BCUT2D eigenvalue weighted by molar-refractivity contribution is 7.95. The number of amides is 2. The zero-order valence-electron chi connectivity index (χ0n) is 20.4. The summed E-state index contributed by atoms with van der Waals surface area (Å²) in [5.41, 5.74) is 11.2. The summed E-state index contributed by atoms with van der Waals surface area (Å²) >= 11 is 0. The molecule has 0 bridgehead atoms. The van der Waals surface area contributed by atoms with Gasteiger partial charge in [0.1, 0.15) is 5.69 Å². The lowest BCUT2D eigenvalue weighted by atomic mass is 10.0. The number of carbonyl (C=O) groups excluding carboxylic acids is 2. The average molecular weight is 510 g/mol. The lowest BCUT2D eigenvalue weighted by molar-refractivity contribution is -0.000970. The smallest absolute Gasteiger partial charge is 0.277 e. The molecule has 36 heavy (non-hydrogen) atoms. The molecule has 0 radical (unpaired) electrons. The molecule has 0 unspecified atom stereocenters. The van der Waals surface area contributed by atoms with Gasteiger partial charge in [-0.1, -0.05) is 12.1 Å². The number of hydrogen-bond donors (Lipinski definition) is 1. The molecule has 0 spiro atoms. The van der Waals surface area contributed by atoms with Crippen molar-refractivity contribution in [2.24, 2.45) is 7.05 Å². The molecule has 1 aliphatic heterocycles. The molecule has 12 heteroatoms. The van der Waals surface area contributed by atoms with E-state index in [2.05, 4.69) is 15.2 Å². The molecule has 1 aliphatic carbocycles. The van der Waals surface area contributed by atoms with E-state index in [0.29, 0.717) is 30.4 Å². The highest BCUT2D eigenvalue weighted by Crippen LogP contribution is 2.48. The van der Waals surface area contributed by atoms with Crippen molar-refractivity contribution in [1.82, 2.24) is 20.0 Å². The van der Waals surface area contributed by atoms with Crippen LogP contribution in [-0.2, 0) is 29.9 Å². The standard InChI is InChI=1S/C24H27N7O4S/c1-23(2,14-28-26)36(34,35)24(9-10-24)15-31-11-8-18-19(29-30(3)20(18)22(31)33)21(32)27-13-17-6-4-16(12-25)5-7-17/h4-7,14H,8-11,13,15H2,1-3H3,(H,27,32). The lowest BCUT2D eigenvalue weighted by Gasteiger charge is -2.33. The van der Waals surface area contributed by atoms with E-state index in [0.717, 1.165) is 11.8 Å². The minimum absolute atomic E-state index is 0.0295. The Kier molecular flexibility index (Phi) is 6.32. The fourth-order valence-electron chi connectivity index (χ4n) is 4.63. The van der Waals surface area contributed by atoms with Crippen LogP contribution in [0.25, 0.3) is 5.53 Å². The molecule has 1 saturated carbocycles. The van der Waals surface area contributed by atoms with Gasteiger partial charge in [0, 0.05) is 32.2 Å². The molecule has 2 heterocycles. The van der Waals surface area contributed by atoms with Crippen LogP contribution in [-0.4, -0.2) is 68.5 Å². The Morgan fingerprint density at radius 3 is 2.58 bits per heavy atom. The highest BCUT2D eigenvalue weighted by Gasteiger charge is 2.62. The van der Waals surface area contributed by atoms with Crippen LogP contribution in [0.15, 0.2) is 24.3 Å². The summed E-state index contributed by atoms with van der Waals surface area (Å²) in [5, 5.41) is 16.0. The molecule has 2 aliphatic rings. The summed E-state index contributed by atoms with van der Waals surface area (Å²) in [7, 11) is -2.17. The van der Waals surface area contributed by atoms with Gasteiger partial charge >= 0.3 is 0 Å². The molecule has 2 amide bonds. The summed E-state index contributed by atoms with van der Waals surface area (Å²) in [6.07, 6.45) is 2.21. The van der Waals surface area contributed by atoms with Crippen LogP contribution in [0.5, 0.6) is 0 Å². The molecule has 1 aromatic carbocycles. The van der Waals surface area contributed by atoms with Crippen LogP contribution < -0.4 is 5.32 Å². The van der Waals surface area contributed by atoms with Crippen LogP contribution in [0.4, 0.5) is 0 Å². The van der Waals surface area contributed by atoms with Gasteiger partial charge in [-0.25, -0.2) is 8.42 Å². The Morgan fingerprint density at radius 1 is 1.33 bits per heavy atom. The van der Waals surface area contributed by atoms with Crippen molar-refractivity contribution < 1.29 is 22.8 Å². The normalized spacial score (nSPS) is 16.5. The van der Waals surface area contributed by atoms with Crippen LogP contribution in [0.3, 0.4) is 0 Å². The number of rotatable bonds is 8. The Bertz CT molecular complexity index is 1420. The number of carbonyl (C=O) groups is 2. The summed E-state index contributed by atoms with van der Waals surface area (Å²) in [5.74, 6) is -0.781. The van der Waals surface area contributed by atoms with Crippen molar-refractivity contribution in [2.75, 3.05) is 13.1 Å². The minimum Gasteiger partial charge on any atom is -0.362 e. The summed E-state index contributed by atoms with van der Waals surface area (Å²) in [4.78, 5) is 30.7. The minimum atomic E-state index is -3.75. The van der Waals surface area contributed by atoms with Gasteiger partial charge in [0.25, 0.3) is 18.0 Å². The molecule has 0 atom stereocenters. The van der Waals surface area contributed by atoms with E-state index in [9.17, 15) is 18.0 Å². The van der Waals surface area contributed by atoms with Crippen LogP contribution in [0.2, 0.25) is 0 Å². The van der Waals surface area contributed by atoms with Crippen molar-refractivity contribution >= 4 is 27.9 Å². The Hall–Kier alpha value is -3.81. The number of nitriles is 1. The maximum absolute atomic E-state index is 13.4. The van der Waals surface area contributed by atoms with Gasteiger partial charge in [-0.15, -0.1) is 0 Å². The fraction of sp³-hybridized carbons (Fsp3) is 0.458. The maximum Gasteiger partial charge on any atom is 0.277 e. The molecule has 1 aromatic heterocycles. The molecular formula is C24H27N7O4S. The van der Waals surface area contributed by atoms with Crippen LogP contribution >= 0.6 is 0 Å². The molecule has 11 nitrogen and oxygen atoms in total. The zero-order valence-corrected chi connectivity index (χ0v) is 21.2. The second-order valence-corrected chi connectivity index (χ2v) is 12.7. The third kappa shape index (κ3) is 4.21. The Balaban J connectivity index is 1.51. The number of nitrogens with one attached hydrogen (secondary N) is 1. The van der Waals surface area contributed by atoms with E-state index in [4.69, 9.17) is 10.8 Å². The van der Waals surface area contributed by atoms with Crippen molar-refractivity contribution in [3.8, 4) is 6.07 Å². The third-order valence-corrected chi connectivity index (χ3v) is 10.1. The van der Waals surface area contributed by atoms with E-state index in [1.807, 2.05) is 6.07 Å². The number of aromatic nitrogens is 2. The van der Waals surface area contributed by atoms with E-state index >= 15 is 0 Å². The number of nitrogens with zero attached hydrogens (tertiary/aromatic N) is 6. The van der Waals surface area contributed by atoms with Gasteiger partial charge in [0.05, 0.1) is 16.4 Å². The predicted octanol–water partition coefficient (Wildman–Crippen LogP) is 1.25. The number of aryl methyl sites for hydroxylation is 1. The SMILES string of the molecule is Cn1nc(C(=O)NCc2ccc(C#N)cc2)c2c1C(=O)N(CC1(S(=O)(=O)C(C)(C)C=[N+]=[N-])CC1)CC2. The first kappa shape index (κ1) is 25.3. The lowest BCUT2D eigenvalue weighted by Crippen LogP contribution is -2.51. The number of sulfone groups is 1. The number of hydrogen-bond acceptors (Lipinski definition) is 6. The van der Waals surface area contributed by atoms with Crippen LogP contribution in [0.1, 0.15) is 64.4 Å². The molecule has 0 saturated heterocycles. The highest BCUT2D eigenvalue weighted by atomic mass is 32.2. The van der Waals surface area contributed by atoms with Gasteiger partial charge in [-0.2, -0.15) is 15.2 Å². The summed E-state index contributed by atoms with van der Waals surface area (Å²) in [6, 6.07) is 8.89. The molecule has 1 fully saturated rings. The molecule has 188 valence electrons. The molecular weight excluding hydrogens is 482 g/mol. The topological polar surface area (TPSA) is 162 Å². The largest absolute Gasteiger partial charge is 0.362 e. The quantitative estimate of drug-likeness (QED) is 0.320. The summed E-state index contributed by atoms with van der Waals surface area (Å²) in [6.45, 7) is 3.48. The van der Waals surface area contributed by atoms with E-state index < -0.39 is 25.2 Å². The Morgan fingerprint density at radius 2 is 2.00 bits per heavy atom. The fourth-order valence-corrected chi connectivity index (χ4v) is 6.90. The average Bonchev–Trinajstić information content (AvgIpc) is 3.56. The third-order valence-electron chi connectivity index (χ3n) is 6.94. The Labute approximate surface area is 209 Å². The zero-order chi connectivity index (χ0) is 26.3. The van der Waals surface area contributed by atoms with Crippen molar-refractivity contribution in [1.29, 1.82) is 5.26 Å². The maximum atomic E-state index is 13.4. The van der Waals surface area contributed by atoms with E-state index in [1.165, 1.54) is 23.4 Å². The van der Waals surface area contributed by atoms with Crippen LogP contribution in [0, 0.1) is 11.3 Å². The molecule has 1 N–H and O–H groups in total. The van der Waals surface area contributed by atoms with Gasteiger partial charge in [0.15, 0.2) is 20.3 Å². The van der Waals surface area contributed by atoms with Crippen molar-refractivity contribution in [3.05, 3.63) is 57.9 Å². The van der Waals surface area contributed by atoms with Gasteiger partial charge in [-0.05, 0) is 50.8 Å². The van der Waals surface area contributed by atoms with Gasteiger partial charge < -0.3 is 15.7 Å². The first-order valence-corrected chi connectivity index (χ1v) is 13.0. The van der Waals surface area contributed by atoms with Gasteiger partial charge in [-0.3, -0.25) is 14.3 Å². The van der Waals surface area contributed by atoms with Crippen molar-refractivity contribution in [3.63, 3.8) is 0 Å². The number of fused-ring (bicyclic) bond motifs is 1. The first-order chi connectivity index (χ1) is 17.0. The summed E-state index contributed by atoms with van der Waals surface area (Å²) < 4.78 is 25.5. The van der Waals surface area contributed by atoms with E-state index in [1.54, 1.807) is 31.3 Å². The second-order valence-electron chi connectivity index (χ2n) is 9.80. The van der Waals surface area contributed by atoms with Gasteiger partial charge in [0.2, 0.25) is 0 Å². The molecule has 4 rings (SSSR count).